The summed E-state index contributed by atoms with van der Waals surface area (Å²) in [5, 5.41) is 3.49. The number of carbonyl (C=O) groups is 1. The molecular weight excluding hydrogens is 457 g/mol. The Morgan fingerprint density at radius 1 is 1.15 bits per heavy atom. The molecule has 2 fully saturated rings. The van der Waals surface area contributed by atoms with Gasteiger partial charge in [0.2, 0.25) is 5.91 Å². The Balaban J connectivity index is 0.00000261. The van der Waals surface area contributed by atoms with E-state index in [-0.39, 0.29) is 24.0 Å². The van der Waals surface area contributed by atoms with Crippen molar-refractivity contribution in [1.82, 2.24) is 20.0 Å². The van der Waals surface area contributed by atoms with Crippen LogP contribution in [0.4, 0.5) is 0 Å². The van der Waals surface area contributed by atoms with Crippen molar-refractivity contribution in [3.63, 3.8) is 0 Å². The Kier molecular flexibility index (Phi) is 9.84. The third kappa shape index (κ3) is 6.90. The fourth-order valence-corrected chi connectivity index (χ4v) is 3.84. The number of amides is 1. The average molecular weight is 491 g/mol. The molecule has 0 radical (unpaired) electrons. The van der Waals surface area contributed by atoms with Crippen LogP contribution in [-0.4, -0.2) is 99.2 Å². The zero-order valence-corrected chi connectivity index (χ0v) is 18.8. The van der Waals surface area contributed by atoms with E-state index >= 15 is 0 Å². The topological polar surface area (TPSA) is 60.4 Å². The first-order chi connectivity index (χ1) is 12.8. The molecule has 0 aromatic heterocycles. The van der Waals surface area contributed by atoms with Crippen LogP contribution in [0, 0.1) is 0 Å². The molecule has 3 aliphatic heterocycles. The van der Waals surface area contributed by atoms with Gasteiger partial charge in [-0.15, -0.1) is 24.0 Å². The lowest BCUT2D eigenvalue weighted by Gasteiger charge is -2.36. The summed E-state index contributed by atoms with van der Waals surface area (Å²) in [7, 11) is 1.85. The van der Waals surface area contributed by atoms with Gasteiger partial charge in [-0.1, -0.05) is 11.6 Å². The van der Waals surface area contributed by atoms with Crippen LogP contribution >= 0.6 is 24.0 Å². The second kappa shape index (κ2) is 11.9. The smallest absolute Gasteiger partial charge is 0.236 e. The first kappa shape index (κ1) is 22.4. The number of carbonyl (C=O) groups excluding carboxylic acids is 1. The molecule has 8 heteroatoms. The lowest BCUT2D eigenvalue weighted by molar-refractivity contribution is -0.131. The summed E-state index contributed by atoms with van der Waals surface area (Å²) in [6.45, 7) is 8.64. The first-order valence-corrected chi connectivity index (χ1v) is 9.97. The van der Waals surface area contributed by atoms with Gasteiger partial charge in [-0.25, -0.2) is 0 Å². The minimum Gasteiger partial charge on any atom is -0.377 e. The van der Waals surface area contributed by atoms with Crippen LogP contribution in [0.3, 0.4) is 0 Å². The molecule has 0 bridgehead atoms. The van der Waals surface area contributed by atoms with Crippen molar-refractivity contribution in [2.75, 3.05) is 72.6 Å². The minimum absolute atomic E-state index is 0. The molecule has 0 saturated carbocycles. The molecule has 2 saturated heterocycles. The summed E-state index contributed by atoms with van der Waals surface area (Å²) >= 11 is 0. The fourth-order valence-electron chi connectivity index (χ4n) is 3.84. The highest BCUT2D eigenvalue weighted by molar-refractivity contribution is 14.0. The molecule has 3 aliphatic rings. The van der Waals surface area contributed by atoms with Crippen molar-refractivity contribution < 1.29 is 9.53 Å². The summed E-state index contributed by atoms with van der Waals surface area (Å²) in [5.74, 6) is 1.27. The van der Waals surface area contributed by atoms with Crippen LogP contribution in [0.1, 0.15) is 25.7 Å². The van der Waals surface area contributed by atoms with Crippen molar-refractivity contribution in [1.29, 1.82) is 0 Å². The Labute approximate surface area is 180 Å². The molecule has 3 rings (SSSR count). The van der Waals surface area contributed by atoms with Gasteiger partial charge in [-0.3, -0.25) is 14.7 Å². The quantitative estimate of drug-likeness (QED) is 0.271. The normalized spacial score (nSPS) is 21.7. The molecule has 1 amide bonds. The highest BCUT2D eigenvalue weighted by atomic mass is 127. The fraction of sp³-hybridized carbons (Fsp3) is 0.789. The van der Waals surface area contributed by atoms with E-state index in [1.807, 2.05) is 11.9 Å². The number of likely N-dealkylation sites (tertiary alicyclic amines) is 1. The number of guanidine groups is 1. The largest absolute Gasteiger partial charge is 0.377 e. The number of nitrogens with zero attached hydrogens (tertiary/aromatic N) is 4. The number of halogens is 1. The van der Waals surface area contributed by atoms with Crippen LogP contribution in [0.5, 0.6) is 0 Å². The van der Waals surface area contributed by atoms with Gasteiger partial charge in [0, 0.05) is 52.9 Å². The van der Waals surface area contributed by atoms with Crippen molar-refractivity contribution in [2.24, 2.45) is 4.99 Å². The molecule has 0 aromatic carbocycles. The highest BCUT2D eigenvalue weighted by Gasteiger charge is 2.24. The molecule has 27 heavy (non-hydrogen) atoms. The number of aliphatic imine (C=N–C) groups is 1. The lowest BCUT2D eigenvalue weighted by Crippen LogP contribution is -2.54. The molecule has 3 heterocycles. The van der Waals surface area contributed by atoms with Crippen LogP contribution < -0.4 is 5.32 Å². The van der Waals surface area contributed by atoms with Gasteiger partial charge in [0.1, 0.15) is 0 Å². The van der Waals surface area contributed by atoms with E-state index in [1.54, 1.807) is 0 Å². The van der Waals surface area contributed by atoms with E-state index in [1.165, 1.54) is 5.57 Å². The van der Waals surface area contributed by atoms with Crippen molar-refractivity contribution in [3.05, 3.63) is 11.6 Å². The summed E-state index contributed by atoms with van der Waals surface area (Å²) in [4.78, 5) is 23.3. The lowest BCUT2D eigenvalue weighted by atomic mass is 10.1. The van der Waals surface area contributed by atoms with E-state index in [2.05, 4.69) is 26.2 Å². The van der Waals surface area contributed by atoms with Crippen LogP contribution in [0.25, 0.3) is 0 Å². The summed E-state index contributed by atoms with van der Waals surface area (Å²) in [6, 6.07) is 0. The second-order valence-corrected chi connectivity index (χ2v) is 7.26. The number of rotatable bonds is 5. The Morgan fingerprint density at radius 2 is 1.89 bits per heavy atom. The Morgan fingerprint density at radius 3 is 2.52 bits per heavy atom. The maximum Gasteiger partial charge on any atom is 0.236 e. The van der Waals surface area contributed by atoms with Gasteiger partial charge in [-0.05, 0) is 25.7 Å². The molecule has 0 atom stereocenters. The van der Waals surface area contributed by atoms with Crippen LogP contribution in [0.15, 0.2) is 16.6 Å². The summed E-state index contributed by atoms with van der Waals surface area (Å²) in [5.41, 5.74) is 1.48. The predicted octanol–water partition coefficient (Wildman–Crippen LogP) is 1.16. The van der Waals surface area contributed by atoms with Crippen molar-refractivity contribution in [2.45, 2.75) is 25.7 Å². The summed E-state index contributed by atoms with van der Waals surface area (Å²) < 4.78 is 5.35. The SMILES string of the molecule is CN=C(NCCC1=CCOCC1)N1CCN(CC(=O)N2CCCC2)CC1.I. The number of piperazine rings is 1. The van der Waals surface area contributed by atoms with E-state index in [0.29, 0.717) is 12.5 Å². The zero-order valence-electron chi connectivity index (χ0n) is 16.5. The molecule has 0 spiro atoms. The van der Waals surface area contributed by atoms with Gasteiger partial charge >= 0.3 is 0 Å². The van der Waals surface area contributed by atoms with Gasteiger partial charge < -0.3 is 19.9 Å². The number of hydrogen-bond donors (Lipinski definition) is 1. The molecule has 7 nitrogen and oxygen atoms in total. The number of ether oxygens (including phenoxy) is 1. The Bertz CT molecular complexity index is 526. The monoisotopic (exact) mass is 491 g/mol. The molecule has 1 N–H and O–H groups in total. The van der Waals surface area contributed by atoms with Gasteiger partial charge in [0.25, 0.3) is 0 Å². The average Bonchev–Trinajstić information content (AvgIpc) is 3.22. The predicted molar refractivity (Wildman–Crippen MR) is 119 cm³/mol. The van der Waals surface area contributed by atoms with Crippen LogP contribution in [-0.2, 0) is 9.53 Å². The molecule has 0 aliphatic carbocycles. The maximum absolute atomic E-state index is 12.3. The van der Waals surface area contributed by atoms with Crippen molar-refractivity contribution in [3.8, 4) is 0 Å². The standard InChI is InChI=1S/C19H33N5O2.HI/c1-20-19(21-7-4-17-5-14-26-15-6-17)24-12-10-22(11-13-24)16-18(25)23-8-2-3-9-23;/h5H,2-4,6-16H2,1H3,(H,20,21);1H. The van der Waals surface area contributed by atoms with E-state index < -0.39 is 0 Å². The minimum atomic E-state index is 0. The molecule has 154 valence electrons. The second-order valence-electron chi connectivity index (χ2n) is 7.26. The molecular formula is C19H34IN5O2. The van der Waals surface area contributed by atoms with Crippen molar-refractivity contribution >= 4 is 35.8 Å². The van der Waals surface area contributed by atoms with Crippen LogP contribution in [0.2, 0.25) is 0 Å². The third-order valence-corrected chi connectivity index (χ3v) is 5.49. The number of hydrogen-bond acceptors (Lipinski definition) is 4. The summed E-state index contributed by atoms with van der Waals surface area (Å²) in [6.07, 6.45) is 6.61. The maximum atomic E-state index is 12.3. The highest BCUT2D eigenvalue weighted by Crippen LogP contribution is 2.11. The zero-order chi connectivity index (χ0) is 18.2. The van der Waals surface area contributed by atoms with Gasteiger partial charge in [-0.2, -0.15) is 0 Å². The number of nitrogens with one attached hydrogen (secondary N) is 1. The van der Waals surface area contributed by atoms with E-state index in [9.17, 15) is 4.79 Å². The van der Waals surface area contributed by atoms with Gasteiger partial charge in [0.05, 0.1) is 19.8 Å². The van der Waals surface area contributed by atoms with E-state index in [4.69, 9.17) is 4.74 Å². The Hall–Kier alpha value is -0.870. The van der Waals surface area contributed by atoms with E-state index in [0.717, 1.165) is 90.7 Å². The molecule has 0 aromatic rings. The van der Waals surface area contributed by atoms with Gasteiger partial charge in [0.15, 0.2) is 5.96 Å². The first-order valence-electron chi connectivity index (χ1n) is 9.97. The third-order valence-electron chi connectivity index (χ3n) is 5.49. The molecule has 0 unspecified atom stereocenters.